The molecule has 170 valence electrons. The number of H-pyrrole nitrogens is 1. The van der Waals surface area contributed by atoms with Gasteiger partial charge in [0, 0.05) is 37.7 Å². The van der Waals surface area contributed by atoms with Gasteiger partial charge < -0.3 is 9.88 Å². The number of hydrogen-bond acceptors (Lipinski definition) is 4. The molecule has 6 heteroatoms. The molecule has 1 amide bonds. The lowest BCUT2D eigenvalue weighted by Gasteiger charge is -2.36. The molecule has 0 radical (unpaired) electrons. The molecule has 0 unspecified atom stereocenters. The molecule has 1 aliphatic carbocycles. The second-order valence-corrected chi connectivity index (χ2v) is 9.62. The second kappa shape index (κ2) is 9.57. The number of aromatic nitrogens is 2. The van der Waals surface area contributed by atoms with Gasteiger partial charge in [-0.15, -0.1) is 0 Å². The van der Waals surface area contributed by atoms with Gasteiger partial charge in [-0.05, 0) is 50.5 Å². The van der Waals surface area contributed by atoms with Crippen LogP contribution >= 0.6 is 0 Å². The van der Waals surface area contributed by atoms with E-state index in [-0.39, 0.29) is 17.5 Å². The number of rotatable bonds is 5. The van der Waals surface area contributed by atoms with Crippen LogP contribution in [0.15, 0.2) is 35.1 Å². The molecule has 6 nitrogen and oxygen atoms in total. The SMILES string of the molecule is O=C(CCc1ccccc1)N1CCCC[C@@H]1c1nc2c(c(=O)[nH]1)CCN(C1CCCC1)C2. The van der Waals surface area contributed by atoms with Crippen molar-refractivity contribution in [3.63, 3.8) is 0 Å². The molecule has 3 aliphatic rings. The van der Waals surface area contributed by atoms with E-state index in [1.807, 2.05) is 23.1 Å². The lowest BCUT2D eigenvalue weighted by Crippen LogP contribution is -2.43. The van der Waals surface area contributed by atoms with Crippen molar-refractivity contribution in [2.24, 2.45) is 0 Å². The van der Waals surface area contributed by atoms with E-state index < -0.39 is 0 Å². The van der Waals surface area contributed by atoms with Crippen molar-refractivity contribution in [3.05, 3.63) is 63.3 Å². The molecule has 5 rings (SSSR count). The Hall–Kier alpha value is -2.47. The van der Waals surface area contributed by atoms with E-state index in [0.717, 1.165) is 63.0 Å². The molecule has 1 N–H and O–H groups in total. The Labute approximate surface area is 190 Å². The van der Waals surface area contributed by atoms with Crippen molar-refractivity contribution in [1.82, 2.24) is 19.8 Å². The number of nitrogens with zero attached hydrogens (tertiary/aromatic N) is 3. The molecular weight excluding hydrogens is 400 g/mol. The third-order valence-electron chi connectivity index (χ3n) is 7.57. The highest BCUT2D eigenvalue weighted by atomic mass is 16.2. The third-order valence-corrected chi connectivity index (χ3v) is 7.57. The number of carbonyl (C=O) groups is 1. The van der Waals surface area contributed by atoms with Crippen LogP contribution in [0.25, 0.3) is 0 Å². The average Bonchev–Trinajstić information content (AvgIpc) is 3.38. The first-order chi connectivity index (χ1) is 15.7. The molecular formula is C26H34N4O2. The lowest BCUT2D eigenvalue weighted by molar-refractivity contribution is -0.135. The number of aryl methyl sites for hydroxylation is 1. The Balaban J connectivity index is 1.34. The smallest absolute Gasteiger partial charge is 0.254 e. The van der Waals surface area contributed by atoms with Crippen LogP contribution in [-0.2, 0) is 24.2 Å². The van der Waals surface area contributed by atoms with Gasteiger partial charge in [-0.1, -0.05) is 43.2 Å². The molecule has 2 aliphatic heterocycles. The molecule has 1 saturated heterocycles. The van der Waals surface area contributed by atoms with E-state index in [0.29, 0.717) is 18.3 Å². The third kappa shape index (κ3) is 4.51. The van der Waals surface area contributed by atoms with Crippen molar-refractivity contribution < 1.29 is 4.79 Å². The lowest BCUT2D eigenvalue weighted by atomic mass is 9.98. The topological polar surface area (TPSA) is 69.3 Å². The van der Waals surface area contributed by atoms with Crippen LogP contribution < -0.4 is 5.56 Å². The van der Waals surface area contributed by atoms with E-state index in [2.05, 4.69) is 22.0 Å². The summed E-state index contributed by atoms with van der Waals surface area (Å²) in [5.41, 5.74) is 2.96. The normalized spacial score (nSPS) is 22.1. The van der Waals surface area contributed by atoms with Crippen molar-refractivity contribution in [2.45, 2.75) is 82.8 Å². The average molecular weight is 435 g/mol. The number of piperidine rings is 1. The molecule has 32 heavy (non-hydrogen) atoms. The van der Waals surface area contributed by atoms with Gasteiger partial charge in [0.2, 0.25) is 5.91 Å². The zero-order valence-corrected chi connectivity index (χ0v) is 18.9. The molecule has 1 saturated carbocycles. The summed E-state index contributed by atoms with van der Waals surface area (Å²) in [5.74, 6) is 0.848. The number of hydrogen-bond donors (Lipinski definition) is 1. The molecule has 2 fully saturated rings. The Morgan fingerprint density at radius 3 is 2.62 bits per heavy atom. The van der Waals surface area contributed by atoms with E-state index in [9.17, 15) is 9.59 Å². The zero-order chi connectivity index (χ0) is 21.9. The summed E-state index contributed by atoms with van der Waals surface area (Å²) in [6, 6.07) is 10.7. The van der Waals surface area contributed by atoms with Gasteiger partial charge in [-0.2, -0.15) is 0 Å². The van der Waals surface area contributed by atoms with Crippen molar-refractivity contribution in [2.75, 3.05) is 13.1 Å². The van der Waals surface area contributed by atoms with Crippen LogP contribution in [-0.4, -0.2) is 44.8 Å². The number of carbonyl (C=O) groups excluding carboxylic acids is 1. The monoisotopic (exact) mass is 434 g/mol. The highest BCUT2D eigenvalue weighted by Gasteiger charge is 2.32. The van der Waals surface area contributed by atoms with Crippen LogP contribution in [0.1, 0.15) is 80.1 Å². The number of aromatic amines is 1. The Kier molecular flexibility index (Phi) is 6.39. The van der Waals surface area contributed by atoms with Gasteiger partial charge in [0.1, 0.15) is 5.82 Å². The van der Waals surface area contributed by atoms with Crippen LogP contribution in [0, 0.1) is 0 Å². The first kappa shape index (κ1) is 21.4. The largest absolute Gasteiger partial charge is 0.333 e. The summed E-state index contributed by atoms with van der Waals surface area (Å²) in [7, 11) is 0. The van der Waals surface area contributed by atoms with Crippen LogP contribution in [0.4, 0.5) is 0 Å². The fourth-order valence-electron chi connectivity index (χ4n) is 5.77. The number of benzene rings is 1. The van der Waals surface area contributed by atoms with Gasteiger partial charge in [-0.25, -0.2) is 4.98 Å². The van der Waals surface area contributed by atoms with Gasteiger partial charge in [0.05, 0.1) is 11.7 Å². The summed E-state index contributed by atoms with van der Waals surface area (Å²) in [5, 5.41) is 0. The molecule has 1 atom stereocenters. The highest BCUT2D eigenvalue weighted by molar-refractivity contribution is 5.77. The van der Waals surface area contributed by atoms with Crippen molar-refractivity contribution in [1.29, 1.82) is 0 Å². The maximum Gasteiger partial charge on any atom is 0.254 e. The molecule has 0 spiro atoms. The quantitative estimate of drug-likeness (QED) is 0.778. The van der Waals surface area contributed by atoms with E-state index in [1.54, 1.807) is 0 Å². The highest BCUT2D eigenvalue weighted by Crippen LogP contribution is 2.31. The second-order valence-electron chi connectivity index (χ2n) is 9.62. The summed E-state index contributed by atoms with van der Waals surface area (Å²) >= 11 is 0. The minimum Gasteiger partial charge on any atom is -0.333 e. The number of amides is 1. The molecule has 1 aromatic heterocycles. The summed E-state index contributed by atoms with van der Waals surface area (Å²) in [6.07, 6.45) is 10.1. The Bertz CT molecular complexity index is 997. The summed E-state index contributed by atoms with van der Waals surface area (Å²) < 4.78 is 0. The van der Waals surface area contributed by atoms with Gasteiger partial charge in [0.15, 0.2) is 0 Å². The predicted molar refractivity (Wildman–Crippen MR) is 124 cm³/mol. The Morgan fingerprint density at radius 1 is 1.03 bits per heavy atom. The van der Waals surface area contributed by atoms with Crippen molar-refractivity contribution >= 4 is 5.91 Å². The maximum absolute atomic E-state index is 13.2. The van der Waals surface area contributed by atoms with E-state index >= 15 is 0 Å². The maximum atomic E-state index is 13.2. The minimum absolute atomic E-state index is 0.00155. The molecule has 1 aromatic carbocycles. The first-order valence-electron chi connectivity index (χ1n) is 12.4. The van der Waals surface area contributed by atoms with Gasteiger partial charge in [0.25, 0.3) is 5.56 Å². The number of likely N-dealkylation sites (tertiary alicyclic amines) is 1. The van der Waals surface area contributed by atoms with Crippen molar-refractivity contribution in [3.8, 4) is 0 Å². The summed E-state index contributed by atoms with van der Waals surface area (Å²) in [4.78, 5) is 38.6. The minimum atomic E-state index is -0.119. The van der Waals surface area contributed by atoms with Gasteiger partial charge >= 0.3 is 0 Å². The van der Waals surface area contributed by atoms with Crippen LogP contribution in [0.5, 0.6) is 0 Å². The summed E-state index contributed by atoms with van der Waals surface area (Å²) in [6.45, 7) is 2.47. The Morgan fingerprint density at radius 2 is 1.81 bits per heavy atom. The van der Waals surface area contributed by atoms with Crippen LogP contribution in [0.2, 0.25) is 0 Å². The molecule has 0 bridgehead atoms. The molecule has 2 aromatic rings. The standard InChI is InChI=1S/C26H34N4O2/c31-24(14-13-19-8-2-1-3-9-19)30-16-7-6-12-23(30)25-27-22-18-29(20-10-4-5-11-20)17-15-21(22)26(32)28-25/h1-3,8-9,20,23H,4-7,10-18H2,(H,27,28,32)/t23-/m1/s1. The molecule has 3 heterocycles. The number of nitrogens with one attached hydrogen (secondary N) is 1. The van der Waals surface area contributed by atoms with Crippen LogP contribution in [0.3, 0.4) is 0 Å². The fraction of sp³-hybridized carbons (Fsp3) is 0.577. The van der Waals surface area contributed by atoms with E-state index in [4.69, 9.17) is 4.98 Å². The zero-order valence-electron chi connectivity index (χ0n) is 18.9. The van der Waals surface area contributed by atoms with E-state index in [1.165, 1.54) is 31.2 Å². The first-order valence-corrected chi connectivity index (χ1v) is 12.4. The van der Waals surface area contributed by atoms with Gasteiger partial charge in [-0.3, -0.25) is 14.5 Å². The predicted octanol–water partition coefficient (Wildman–Crippen LogP) is 3.76. The fourth-order valence-corrected chi connectivity index (χ4v) is 5.77. The number of fused-ring (bicyclic) bond motifs is 1.